The molecule has 2 bridgehead atoms. The SMILES string of the molecule is CCCNC(Cc1ccc(CC)cn1)C1CC2CCC1O2. The van der Waals surface area contributed by atoms with Crippen molar-refractivity contribution in [3.8, 4) is 0 Å². The number of ether oxygens (including phenoxy) is 1. The summed E-state index contributed by atoms with van der Waals surface area (Å²) in [5.74, 6) is 0.669. The normalized spacial score (nSPS) is 29.0. The molecule has 4 atom stereocenters. The Kier molecular flexibility index (Phi) is 4.91. The summed E-state index contributed by atoms with van der Waals surface area (Å²) >= 11 is 0. The lowest BCUT2D eigenvalue weighted by Gasteiger charge is -2.29. The average Bonchev–Trinajstić information content (AvgIpc) is 3.15. The van der Waals surface area contributed by atoms with Gasteiger partial charge in [0.25, 0.3) is 0 Å². The summed E-state index contributed by atoms with van der Waals surface area (Å²) < 4.78 is 6.06. The molecule has 2 fully saturated rings. The van der Waals surface area contributed by atoms with E-state index < -0.39 is 0 Å². The minimum Gasteiger partial charge on any atom is -0.375 e. The molecule has 0 saturated carbocycles. The summed E-state index contributed by atoms with van der Waals surface area (Å²) in [5.41, 5.74) is 2.53. The van der Waals surface area contributed by atoms with Crippen molar-refractivity contribution < 1.29 is 4.74 Å². The third kappa shape index (κ3) is 3.46. The van der Waals surface area contributed by atoms with Crippen LogP contribution in [-0.4, -0.2) is 29.8 Å². The van der Waals surface area contributed by atoms with E-state index in [4.69, 9.17) is 4.74 Å². The smallest absolute Gasteiger partial charge is 0.0623 e. The van der Waals surface area contributed by atoms with Crippen LogP contribution < -0.4 is 5.32 Å². The zero-order valence-electron chi connectivity index (χ0n) is 13.3. The number of hydrogen-bond donors (Lipinski definition) is 1. The van der Waals surface area contributed by atoms with E-state index in [1.807, 2.05) is 6.20 Å². The van der Waals surface area contributed by atoms with Gasteiger partial charge in [-0.3, -0.25) is 4.98 Å². The van der Waals surface area contributed by atoms with Crippen LogP contribution in [0.3, 0.4) is 0 Å². The highest BCUT2D eigenvalue weighted by Gasteiger charge is 2.44. The molecular formula is C18H28N2O. The van der Waals surface area contributed by atoms with E-state index >= 15 is 0 Å². The van der Waals surface area contributed by atoms with Crippen LogP contribution in [0.2, 0.25) is 0 Å². The van der Waals surface area contributed by atoms with Crippen molar-refractivity contribution in [3.63, 3.8) is 0 Å². The second-order valence-corrected chi connectivity index (χ2v) is 6.55. The van der Waals surface area contributed by atoms with Crippen LogP contribution in [0, 0.1) is 5.92 Å². The van der Waals surface area contributed by atoms with Crippen LogP contribution in [-0.2, 0) is 17.6 Å². The fourth-order valence-electron chi connectivity index (χ4n) is 3.82. The van der Waals surface area contributed by atoms with Crippen LogP contribution in [0.5, 0.6) is 0 Å². The first kappa shape index (κ1) is 15.0. The van der Waals surface area contributed by atoms with Crippen molar-refractivity contribution >= 4 is 0 Å². The highest BCUT2D eigenvalue weighted by molar-refractivity contribution is 5.15. The molecule has 0 aliphatic carbocycles. The molecule has 3 rings (SSSR count). The van der Waals surface area contributed by atoms with E-state index in [9.17, 15) is 0 Å². The molecule has 0 aromatic carbocycles. The van der Waals surface area contributed by atoms with E-state index in [0.717, 1.165) is 19.4 Å². The van der Waals surface area contributed by atoms with E-state index in [1.54, 1.807) is 0 Å². The monoisotopic (exact) mass is 288 g/mol. The van der Waals surface area contributed by atoms with Gasteiger partial charge in [-0.25, -0.2) is 0 Å². The molecule has 1 aromatic heterocycles. The summed E-state index contributed by atoms with van der Waals surface area (Å²) in [5, 5.41) is 3.75. The van der Waals surface area contributed by atoms with Gasteiger partial charge in [0, 0.05) is 30.3 Å². The lowest BCUT2D eigenvalue weighted by Crippen LogP contribution is -2.42. The van der Waals surface area contributed by atoms with Gasteiger partial charge in [0.1, 0.15) is 0 Å². The van der Waals surface area contributed by atoms with Crippen LogP contribution >= 0.6 is 0 Å². The summed E-state index contributed by atoms with van der Waals surface area (Å²) in [4.78, 5) is 4.65. The number of nitrogens with zero attached hydrogens (tertiary/aromatic N) is 1. The Morgan fingerprint density at radius 3 is 2.81 bits per heavy atom. The maximum absolute atomic E-state index is 6.06. The van der Waals surface area contributed by atoms with E-state index in [0.29, 0.717) is 24.2 Å². The lowest BCUT2D eigenvalue weighted by atomic mass is 9.82. The summed E-state index contributed by atoms with van der Waals surface area (Å²) in [7, 11) is 0. The molecule has 2 saturated heterocycles. The Hall–Kier alpha value is -0.930. The van der Waals surface area contributed by atoms with Crippen LogP contribution in [0.25, 0.3) is 0 Å². The summed E-state index contributed by atoms with van der Waals surface area (Å²) in [6.45, 7) is 5.50. The third-order valence-corrected chi connectivity index (χ3v) is 5.05. The molecule has 116 valence electrons. The Bertz CT molecular complexity index is 445. The minimum absolute atomic E-state index is 0.485. The predicted octanol–water partition coefficient (Wildman–Crippen LogP) is 3.12. The fraction of sp³-hybridized carbons (Fsp3) is 0.722. The van der Waals surface area contributed by atoms with Gasteiger partial charge < -0.3 is 10.1 Å². The number of fused-ring (bicyclic) bond motifs is 2. The van der Waals surface area contributed by atoms with Crippen molar-refractivity contribution in [3.05, 3.63) is 29.6 Å². The van der Waals surface area contributed by atoms with Gasteiger partial charge in [0.05, 0.1) is 12.2 Å². The zero-order valence-corrected chi connectivity index (χ0v) is 13.3. The molecule has 2 aliphatic heterocycles. The Morgan fingerprint density at radius 1 is 1.33 bits per heavy atom. The first-order valence-electron chi connectivity index (χ1n) is 8.62. The second-order valence-electron chi connectivity index (χ2n) is 6.55. The van der Waals surface area contributed by atoms with E-state index in [-0.39, 0.29) is 0 Å². The van der Waals surface area contributed by atoms with Crippen LogP contribution in [0.4, 0.5) is 0 Å². The molecule has 3 heterocycles. The average molecular weight is 288 g/mol. The van der Waals surface area contributed by atoms with Crippen LogP contribution in [0.15, 0.2) is 18.3 Å². The highest BCUT2D eigenvalue weighted by Crippen LogP contribution is 2.40. The van der Waals surface area contributed by atoms with Crippen molar-refractivity contribution in [2.45, 2.75) is 70.6 Å². The fourth-order valence-corrected chi connectivity index (χ4v) is 3.82. The van der Waals surface area contributed by atoms with Crippen molar-refractivity contribution in [2.24, 2.45) is 5.92 Å². The zero-order chi connectivity index (χ0) is 14.7. The number of aryl methyl sites for hydroxylation is 1. The van der Waals surface area contributed by atoms with E-state index in [1.165, 1.54) is 36.9 Å². The summed E-state index contributed by atoms with van der Waals surface area (Å²) in [6.07, 6.45) is 10.1. The van der Waals surface area contributed by atoms with E-state index in [2.05, 4.69) is 36.3 Å². The first-order valence-corrected chi connectivity index (χ1v) is 8.62. The number of rotatable bonds is 7. The largest absolute Gasteiger partial charge is 0.375 e. The lowest BCUT2D eigenvalue weighted by molar-refractivity contribution is 0.0856. The van der Waals surface area contributed by atoms with Crippen LogP contribution in [0.1, 0.15) is 50.8 Å². The molecule has 4 unspecified atom stereocenters. The molecule has 3 nitrogen and oxygen atoms in total. The van der Waals surface area contributed by atoms with Gasteiger partial charge >= 0.3 is 0 Å². The molecule has 0 amide bonds. The maximum Gasteiger partial charge on any atom is 0.0623 e. The number of nitrogens with one attached hydrogen (secondary N) is 1. The molecule has 1 aromatic rings. The molecular weight excluding hydrogens is 260 g/mol. The standard InChI is InChI=1S/C18H28N2O/c1-3-9-19-17(16-11-15-7-8-18(16)21-15)10-14-6-5-13(4-2)12-20-14/h5-6,12,15-19H,3-4,7-11H2,1-2H3. The number of hydrogen-bond acceptors (Lipinski definition) is 3. The van der Waals surface area contributed by atoms with Gasteiger partial charge in [-0.15, -0.1) is 0 Å². The highest BCUT2D eigenvalue weighted by atomic mass is 16.5. The second kappa shape index (κ2) is 6.89. The van der Waals surface area contributed by atoms with Crippen molar-refractivity contribution in [2.75, 3.05) is 6.54 Å². The Morgan fingerprint density at radius 2 is 2.24 bits per heavy atom. The molecule has 21 heavy (non-hydrogen) atoms. The third-order valence-electron chi connectivity index (χ3n) is 5.05. The molecule has 2 aliphatic rings. The molecule has 0 spiro atoms. The quantitative estimate of drug-likeness (QED) is 0.837. The number of aromatic nitrogens is 1. The molecule has 0 radical (unpaired) electrons. The van der Waals surface area contributed by atoms with Gasteiger partial charge in [-0.1, -0.05) is 19.9 Å². The molecule has 1 N–H and O–H groups in total. The predicted molar refractivity (Wildman–Crippen MR) is 85.4 cm³/mol. The number of pyridine rings is 1. The minimum atomic E-state index is 0.485. The van der Waals surface area contributed by atoms with Gasteiger partial charge in [-0.05, 0) is 50.3 Å². The van der Waals surface area contributed by atoms with Crippen molar-refractivity contribution in [1.29, 1.82) is 0 Å². The van der Waals surface area contributed by atoms with Gasteiger partial charge in [-0.2, -0.15) is 0 Å². The van der Waals surface area contributed by atoms with Gasteiger partial charge in [0.2, 0.25) is 0 Å². The Balaban J connectivity index is 1.66. The van der Waals surface area contributed by atoms with Gasteiger partial charge in [0.15, 0.2) is 0 Å². The van der Waals surface area contributed by atoms with Crippen molar-refractivity contribution in [1.82, 2.24) is 10.3 Å². The topological polar surface area (TPSA) is 34.2 Å². The summed E-state index contributed by atoms with van der Waals surface area (Å²) in [6, 6.07) is 4.93. The molecule has 3 heteroatoms. The first-order chi connectivity index (χ1) is 10.3. The maximum atomic E-state index is 6.06. The Labute approximate surface area is 128 Å².